The summed E-state index contributed by atoms with van der Waals surface area (Å²) >= 11 is 0. The lowest BCUT2D eigenvalue weighted by atomic mass is 10.4. The van der Waals surface area contributed by atoms with E-state index in [1.807, 2.05) is 0 Å². The highest BCUT2D eigenvalue weighted by Gasteiger charge is 2.07. The number of hydrogen-bond donors (Lipinski definition) is 0. The number of imidazole rings is 1. The second kappa shape index (κ2) is 11.1. The predicted octanol–water partition coefficient (Wildman–Crippen LogP) is -1.54. The smallest absolute Gasteiger partial charge is 0.243 e. The van der Waals surface area contributed by atoms with Crippen molar-refractivity contribution in [2.24, 2.45) is 0 Å². The van der Waals surface area contributed by atoms with Gasteiger partial charge in [0.1, 0.15) is 25.5 Å². The first-order chi connectivity index (χ1) is 9.23. The molecule has 5 heteroatoms. The molecule has 0 spiro atoms. The zero-order valence-corrected chi connectivity index (χ0v) is 14.3. The lowest BCUT2D eigenvalue weighted by molar-refractivity contribution is -0.696. The average Bonchev–Trinajstić information content (AvgIpc) is 2.89. The third-order valence-electron chi connectivity index (χ3n) is 3.88. The number of halogens is 1. The van der Waals surface area contributed by atoms with Crippen LogP contribution < -0.4 is 17.0 Å². The molecule has 0 radical (unpaired) electrons. The first kappa shape index (κ1) is 19.4. The lowest BCUT2D eigenvalue weighted by Gasteiger charge is -2.16. The molecule has 0 saturated heterocycles. The van der Waals surface area contributed by atoms with Gasteiger partial charge in [0.15, 0.2) is 0 Å². The standard InChI is InChI=1S/C15H31N4.ClH/c1-5-16(6-2)9-11-18-13-14-19(15-18)12-10-17(7-3)8-4;/h13-15H,5-12H2,1-4H3;1H/q+1;/p-1. The van der Waals surface area contributed by atoms with E-state index in [4.69, 9.17) is 0 Å². The predicted molar refractivity (Wildman–Crippen MR) is 80.2 cm³/mol. The number of nitrogens with zero attached hydrogens (tertiary/aromatic N) is 4. The van der Waals surface area contributed by atoms with Crippen molar-refractivity contribution >= 4 is 0 Å². The van der Waals surface area contributed by atoms with E-state index in [9.17, 15) is 0 Å². The molecule has 1 heterocycles. The molecule has 0 bridgehead atoms. The normalized spacial score (nSPS) is 11.1. The summed E-state index contributed by atoms with van der Waals surface area (Å²) in [6.45, 7) is 17.9. The Morgan fingerprint density at radius 2 is 1.45 bits per heavy atom. The first-order valence-electron chi connectivity index (χ1n) is 7.72. The van der Waals surface area contributed by atoms with E-state index in [2.05, 4.69) is 65.3 Å². The quantitative estimate of drug-likeness (QED) is 0.487. The average molecular weight is 303 g/mol. The minimum Gasteiger partial charge on any atom is -1.00 e. The van der Waals surface area contributed by atoms with Crippen molar-refractivity contribution in [3.63, 3.8) is 0 Å². The van der Waals surface area contributed by atoms with Crippen molar-refractivity contribution < 1.29 is 17.0 Å². The van der Waals surface area contributed by atoms with Crippen molar-refractivity contribution in [2.45, 2.75) is 40.8 Å². The van der Waals surface area contributed by atoms with Gasteiger partial charge in [-0.05, 0) is 26.2 Å². The summed E-state index contributed by atoms with van der Waals surface area (Å²) in [5.74, 6) is 0. The maximum Gasteiger partial charge on any atom is 0.243 e. The fraction of sp³-hybridized carbons (Fsp3) is 0.800. The minimum absolute atomic E-state index is 0. The van der Waals surface area contributed by atoms with E-state index >= 15 is 0 Å². The van der Waals surface area contributed by atoms with Crippen LogP contribution in [0.5, 0.6) is 0 Å². The van der Waals surface area contributed by atoms with E-state index in [0.29, 0.717) is 0 Å². The molecule has 0 aliphatic rings. The summed E-state index contributed by atoms with van der Waals surface area (Å²) in [7, 11) is 0. The molecule has 0 aromatic carbocycles. The Bertz CT molecular complexity index is 302. The van der Waals surface area contributed by atoms with Crippen molar-refractivity contribution in [3.8, 4) is 0 Å². The van der Waals surface area contributed by atoms with Crippen LogP contribution in [0.4, 0.5) is 0 Å². The van der Waals surface area contributed by atoms with Crippen LogP contribution in [0.1, 0.15) is 27.7 Å². The van der Waals surface area contributed by atoms with E-state index in [1.165, 1.54) is 0 Å². The molecule has 0 aliphatic carbocycles. The lowest BCUT2D eigenvalue weighted by Crippen LogP contribution is -3.00. The molecule has 1 aromatic rings. The second-order valence-electron chi connectivity index (χ2n) is 4.94. The van der Waals surface area contributed by atoms with Gasteiger partial charge in [-0.3, -0.25) is 9.80 Å². The summed E-state index contributed by atoms with van der Waals surface area (Å²) in [6.07, 6.45) is 6.60. The Kier molecular flexibility index (Phi) is 10.8. The van der Waals surface area contributed by atoms with Gasteiger partial charge in [-0.1, -0.05) is 27.7 Å². The van der Waals surface area contributed by atoms with Crippen LogP contribution in [0.25, 0.3) is 0 Å². The molecule has 118 valence electrons. The topological polar surface area (TPSA) is 15.3 Å². The van der Waals surface area contributed by atoms with Gasteiger partial charge in [0, 0.05) is 13.1 Å². The van der Waals surface area contributed by atoms with Crippen molar-refractivity contribution in [1.29, 1.82) is 0 Å². The molecule has 0 N–H and O–H groups in total. The van der Waals surface area contributed by atoms with Gasteiger partial charge in [-0.2, -0.15) is 0 Å². The van der Waals surface area contributed by atoms with Crippen LogP contribution in [-0.2, 0) is 13.1 Å². The molecule has 0 amide bonds. The number of hydrogen-bond acceptors (Lipinski definition) is 2. The second-order valence-corrected chi connectivity index (χ2v) is 4.94. The molecule has 1 rings (SSSR count). The van der Waals surface area contributed by atoms with Crippen LogP contribution in [0.15, 0.2) is 18.7 Å². The van der Waals surface area contributed by atoms with Gasteiger partial charge in [-0.25, -0.2) is 9.13 Å². The van der Waals surface area contributed by atoms with Gasteiger partial charge in [-0.15, -0.1) is 0 Å². The van der Waals surface area contributed by atoms with Crippen molar-refractivity contribution in [2.75, 3.05) is 39.3 Å². The zero-order valence-electron chi connectivity index (χ0n) is 13.6. The highest BCUT2D eigenvalue weighted by Crippen LogP contribution is 1.92. The largest absolute Gasteiger partial charge is 1.00 e. The molecule has 0 fully saturated rings. The van der Waals surface area contributed by atoms with Crippen LogP contribution in [-0.4, -0.2) is 53.6 Å². The maximum atomic E-state index is 2.46. The van der Waals surface area contributed by atoms with Gasteiger partial charge < -0.3 is 12.4 Å². The fourth-order valence-electron chi connectivity index (χ4n) is 2.30. The molecule has 0 unspecified atom stereocenters. The summed E-state index contributed by atoms with van der Waals surface area (Å²) in [6, 6.07) is 0. The Morgan fingerprint density at radius 1 is 0.900 bits per heavy atom. The van der Waals surface area contributed by atoms with Gasteiger partial charge >= 0.3 is 0 Å². The molecule has 1 aromatic heterocycles. The SMILES string of the molecule is CCN(CC)CCn1cc[n+](CCN(CC)CC)c1.[Cl-]. The van der Waals surface area contributed by atoms with Crippen LogP contribution in [0.2, 0.25) is 0 Å². The Labute approximate surface area is 130 Å². The van der Waals surface area contributed by atoms with Crippen molar-refractivity contribution in [1.82, 2.24) is 14.4 Å². The van der Waals surface area contributed by atoms with Crippen LogP contribution in [0, 0.1) is 0 Å². The molecule has 20 heavy (non-hydrogen) atoms. The van der Waals surface area contributed by atoms with E-state index < -0.39 is 0 Å². The van der Waals surface area contributed by atoms with Gasteiger partial charge in [0.25, 0.3) is 0 Å². The Morgan fingerprint density at radius 3 is 2.00 bits per heavy atom. The number of aromatic nitrogens is 2. The highest BCUT2D eigenvalue weighted by molar-refractivity contribution is 4.67. The van der Waals surface area contributed by atoms with E-state index in [1.54, 1.807) is 0 Å². The van der Waals surface area contributed by atoms with Crippen LogP contribution >= 0.6 is 0 Å². The Balaban J connectivity index is 0.00000361. The zero-order chi connectivity index (χ0) is 14.1. The summed E-state index contributed by atoms with van der Waals surface area (Å²) in [4.78, 5) is 4.92. The summed E-state index contributed by atoms with van der Waals surface area (Å²) < 4.78 is 4.58. The molecular weight excluding hydrogens is 272 g/mol. The van der Waals surface area contributed by atoms with Crippen molar-refractivity contribution in [3.05, 3.63) is 18.7 Å². The first-order valence-corrected chi connectivity index (χ1v) is 7.72. The van der Waals surface area contributed by atoms with Gasteiger partial charge in [0.2, 0.25) is 6.33 Å². The van der Waals surface area contributed by atoms with Crippen LogP contribution in [0.3, 0.4) is 0 Å². The third kappa shape index (κ3) is 6.73. The molecule has 0 saturated carbocycles. The number of likely N-dealkylation sites (N-methyl/N-ethyl adjacent to an activating group) is 2. The summed E-state index contributed by atoms with van der Waals surface area (Å²) in [5.41, 5.74) is 0. The van der Waals surface area contributed by atoms with E-state index in [-0.39, 0.29) is 12.4 Å². The fourth-order valence-corrected chi connectivity index (χ4v) is 2.30. The molecular formula is C15H31ClN4. The summed E-state index contributed by atoms with van der Waals surface area (Å²) in [5, 5.41) is 0. The van der Waals surface area contributed by atoms with E-state index in [0.717, 1.165) is 52.4 Å². The maximum absolute atomic E-state index is 2.46. The molecule has 0 atom stereocenters. The van der Waals surface area contributed by atoms with Gasteiger partial charge in [0.05, 0.1) is 0 Å². The third-order valence-corrected chi connectivity index (χ3v) is 3.88. The molecule has 0 aliphatic heterocycles. The number of rotatable bonds is 10. The molecule has 4 nitrogen and oxygen atoms in total. The highest BCUT2D eigenvalue weighted by atomic mass is 35.5. The Hall–Kier alpha value is -0.580. The minimum atomic E-state index is 0. The monoisotopic (exact) mass is 302 g/mol.